The first-order chi connectivity index (χ1) is 31.4. The number of carbonyl (C=O) groups excluding carboxylic acids is 3. The highest BCUT2D eigenvalue weighted by Gasteiger charge is 2.21. The lowest BCUT2D eigenvalue weighted by molar-refractivity contribution is 0.102. The molecular weight excluding hydrogens is 939 g/mol. The third-order valence-electron chi connectivity index (χ3n) is 9.23. The molecule has 0 aliphatic rings. The van der Waals surface area contributed by atoms with Gasteiger partial charge in [-0.15, -0.1) is 11.3 Å². The third kappa shape index (κ3) is 11.4. The van der Waals surface area contributed by atoms with Crippen LogP contribution in [0, 0.1) is 11.2 Å². The van der Waals surface area contributed by atoms with Crippen LogP contribution in [-0.2, 0) is 10.0 Å². The van der Waals surface area contributed by atoms with Crippen molar-refractivity contribution in [2.45, 2.75) is 4.21 Å². The minimum absolute atomic E-state index is 0.0310. The van der Waals surface area contributed by atoms with Gasteiger partial charge in [-0.2, -0.15) is 0 Å². The van der Waals surface area contributed by atoms with E-state index in [4.69, 9.17) is 33.3 Å². The summed E-state index contributed by atoms with van der Waals surface area (Å²) in [5, 5.41) is 18.8. The number of benzene rings is 4. The summed E-state index contributed by atoms with van der Waals surface area (Å²) in [6.45, 7) is 0. The van der Waals surface area contributed by atoms with E-state index in [9.17, 15) is 36.8 Å². The minimum atomic E-state index is -4.10. The summed E-state index contributed by atoms with van der Waals surface area (Å²) >= 11 is 12.4. The lowest BCUT2D eigenvalue weighted by atomic mass is 10.1. The van der Waals surface area contributed by atoms with Gasteiger partial charge >= 0.3 is 11.7 Å². The standard InChI is InChI=1S/C23H22ClN5O3.C20H15ClFN5O5S2/c1-29(2)21(25)14-4-6-15(7-5-14)22(30)27-19-10-9-17(32-3)12-18(19)23(31)28-20-11-8-16(24)13-26-20;1-23-15-9-14-12(8-13(15)22)18(28)27(20(30)25-14)11-4-2-10(3-5-11)24-19(29)26-34(31,32)17-7-6-16(21)33-17/h4-13,25H,1-3H3,(H,27,30)(H,26,28,31);2-9,23H,1H3,(H,25,30)(H2,24,26,29). The SMILES string of the molecule is CNc1cc2[nH]c(=O)n(-c3ccc(NC(=O)NS(=O)(=O)c4ccc(Cl)s4)cc3)c(=O)c2cc1F.COc1ccc(NC(=O)c2ccc(C(=N)N(C)C)cc2)c(C(=O)Nc2ccc(Cl)cn2)c1. The van der Waals surface area contributed by atoms with Crippen LogP contribution in [0.2, 0.25) is 9.36 Å². The number of rotatable bonds is 11. The van der Waals surface area contributed by atoms with Gasteiger partial charge in [0.2, 0.25) is 0 Å². The van der Waals surface area contributed by atoms with Gasteiger partial charge in [-0.25, -0.2) is 36.7 Å². The summed E-state index contributed by atoms with van der Waals surface area (Å²) in [5.74, 6) is -0.402. The van der Waals surface area contributed by atoms with Crippen LogP contribution in [-0.4, -0.2) is 79.8 Å². The summed E-state index contributed by atoms with van der Waals surface area (Å²) < 4.78 is 46.6. The molecule has 0 saturated carbocycles. The average Bonchev–Trinajstić information content (AvgIpc) is 3.75. The molecule has 0 unspecified atom stereocenters. The second-order valence-corrected chi connectivity index (χ2v) is 17.9. The normalized spacial score (nSPS) is 10.8. The molecule has 18 nitrogen and oxygen atoms in total. The third-order valence-corrected chi connectivity index (χ3v) is 12.5. The lowest BCUT2D eigenvalue weighted by Crippen LogP contribution is -2.34. The van der Waals surface area contributed by atoms with Crippen LogP contribution in [0.15, 0.2) is 123 Å². The second-order valence-electron chi connectivity index (χ2n) is 13.9. The fourth-order valence-corrected chi connectivity index (χ4v) is 8.44. The Bertz CT molecular complexity index is 3220. The second kappa shape index (κ2) is 20.5. The first-order valence-electron chi connectivity index (χ1n) is 19.0. The lowest BCUT2D eigenvalue weighted by Gasteiger charge is -2.15. The zero-order valence-electron chi connectivity index (χ0n) is 35.0. The largest absolute Gasteiger partial charge is 0.497 e. The number of urea groups is 1. The Labute approximate surface area is 388 Å². The van der Waals surface area contributed by atoms with E-state index in [0.29, 0.717) is 39.2 Å². The number of thiophene rings is 1. The summed E-state index contributed by atoms with van der Waals surface area (Å²) in [4.78, 5) is 71.4. The van der Waals surface area contributed by atoms with Gasteiger partial charge in [0.05, 0.1) is 50.0 Å². The predicted octanol–water partition coefficient (Wildman–Crippen LogP) is 7.22. The molecule has 0 aliphatic heterocycles. The number of halogens is 3. The highest BCUT2D eigenvalue weighted by Crippen LogP contribution is 2.27. The number of fused-ring (bicyclic) bond motifs is 1. The van der Waals surface area contributed by atoms with E-state index in [2.05, 4.69) is 31.2 Å². The molecule has 0 saturated heterocycles. The monoisotopic (exact) mass is 974 g/mol. The van der Waals surface area contributed by atoms with Crippen LogP contribution in [0.4, 0.5) is 32.1 Å². The number of anilines is 4. The number of amides is 4. The molecule has 7 rings (SSSR count). The molecule has 66 heavy (non-hydrogen) atoms. The molecule has 4 amide bonds. The number of carbonyl (C=O) groups is 3. The Morgan fingerprint density at radius 1 is 0.848 bits per heavy atom. The topological polar surface area (TPSA) is 250 Å². The van der Waals surface area contributed by atoms with Gasteiger partial charge in [0.15, 0.2) is 0 Å². The fourth-order valence-electron chi connectivity index (χ4n) is 5.94. The molecule has 340 valence electrons. The number of nitrogens with zero attached hydrogens (tertiary/aromatic N) is 3. The maximum atomic E-state index is 14.1. The number of hydrogen-bond acceptors (Lipinski definition) is 12. The van der Waals surface area contributed by atoms with Crippen molar-refractivity contribution in [1.82, 2.24) is 24.2 Å². The molecule has 3 aromatic heterocycles. The smallest absolute Gasteiger partial charge is 0.333 e. The molecule has 4 aromatic carbocycles. The average molecular weight is 976 g/mol. The van der Waals surface area contributed by atoms with Gasteiger partial charge < -0.3 is 35.9 Å². The Kier molecular flexibility index (Phi) is 14.9. The van der Waals surface area contributed by atoms with Crippen molar-refractivity contribution in [2.75, 3.05) is 49.5 Å². The van der Waals surface area contributed by atoms with E-state index < -0.39 is 44.9 Å². The van der Waals surface area contributed by atoms with Crippen molar-refractivity contribution in [3.8, 4) is 11.4 Å². The number of aromatic nitrogens is 3. The van der Waals surface area contributed by atoms with E-state index in [0.717, 1.165) is 22.0 Å². The first kappa shape index (κ1) is 47.9. The van der Waals surface area contributed by atoms with Gasteiger partial charge in [0.25, 0.3) is 27.4 Å². The maximum Gasteiger partial charge on any atom is 0.333 e. The molecule has 7 N–H and O–H groups in total. The molecule has 3 heterocycles. The predicted molar refractivity (Wildman–Crippen MR) is 253 cm³/mol. The zero-order valence-corrected chi connectivity index (χ0v) is 38.1. The number of H-pyrrole nitrogens is 1. The van der Waals surface area contributed by atoms with E-state index in [1.165, 1.54) is 68.9 Å². The van der Waals surface area contributed by atoms with Crippen LogP contribution in [0.3, 0.4) is 0 Å². The van der Waals surface area contributed by atoms with Crippen molar-refractivity contribution >= 4 is 102 Å². The van der Waals surface area contributed by atoms with E-state index >= 15 is 0 Å². The van der Waals surface area contributed by atoms with E-state index in [-0.39, 0.29) is 42.1 Å². The van der Waals surface area contributed by atoms with E-state index in [1.54, 1.807) is 67.5 Å². The molecule has 0 fully saturated rings. The molecule has 0 bridgehead atoms. The number of amidine groups is 1. The van der Waals surface area contributed by atoms with Gasteiger partial charge in [-0.3, -0.25) is 19.8 Å². The summed E-state index contributed by atoms with van der Waals surface area (Å²) in [7, 11) is 2.44. The van der Waals surface area contributed by atoms with Crippen molar-refractivity contribution in [1.29, 1.82) is 5.41 Å². The number of aromatic amines is 1. The number of nitrogens with one attached hydrogen (secondary N) is 7. The zero-order chi connectivity index (χ0) is 47.9. The Hall–Kier alpha value is -7.59. The van der Waals surface area contributed by atoms with Crippen molar-refractivity contribution in [2.24, 2.45) is 0 Å². The van der Waals surface area contributed by atoms with Gasteiger partial charge in [0.1, 0.15) is 27.4 Å². The number of hydrogen-bond donors (Lipinski definition) is 7. The quantitative estimate of drug-likeness (QED) is 0.0504. The van der Waals surface area contributed by atoms with Crippen LogP contribution < -0.4 is 42.0 Å². The van der Waals surface area contributed by atoms with Crippen LogP contribution in [0.1, 0.15) is 26.3 Å². The Morgan fingerprint density at radius 3 is 2.15 bits per heavy atom. The molecule has 0 spiro atoms. The molecule has 7 aromatic rings. The summed E-state index contributed by atoms with van der Waals surface area (Å²) in [6, 6.07) is 24.1. The van der Waals surface area contributed by atoms with Crippen molar-refractivity contribution in [3.63, 3.8) is 0 Å². The number of sulfonamides is 1. The van der Waals surface area contributed by atoms with Crippen molar-refractivity contribution < 1.29 is 31.9 Å². The van der Waals surface area contributed by atoms with Crippen LogP contribution >= 0.6 is 34.5 Å². The van der Waals surface area contributed by atoms with Gasteiger partial charge in [-0.05, 0) is 91.0 Å². The minimum Gasteiger partial charge on any atom is -0.497 e. The fraction of sp³-hybridized carbons (Fsp3) is 0.0930. The molecular formula is C43H37Cl2FN10O8S2. The summed E-state index contributed by atoms with van der Waals surface area (Å²) in [6.07, 6.45) is 1.42. The molecule has 0 radical (unpaired) electrons. The molecule has 0 aliphatic carbocycles. The van der Waals surface area contributed by atoms with E-state index in [1.807, 2.05) is 4.72 Å². The maximum absolute atomic E-state index is 14.1. The Morgan fingerprint density at radius 2 is 1.55 bits per heavy atom. The van der Waals surface area contributed by atoms with Gasteiger partial charge in [-0.1, -0.05) is 35.3 Å². The number of pyridine rings is 1. The van der Waals surface area contributed by atoms with Crippen LogP contribution in [0.5, 0.6) is 5.75 Å². The highest BCUT2D eigenvalue weighted by molar-refractivity contribution is 7.92. The van der Waals surface area contributed by atoms with Gasteiger partial charge in [0, 0.05) is 44.2 Å². The molecule has 23 heteroatoms. The molecule has 0 atom stereocenters. The summed E-state index contributed by atoms with van der Waals surface area (Å²) in [5.41, 5.74) is 0.748. The van der Waals surface area contributed by atoms with Crippen molar-refractivity contribution in [3.05, 3.63) is 162 Å². The number of ether oxygens (including phenoxy) is 1. The van der Waals surface area contributed by atoms with Crippen LogP contribution in [0.25, 0.3) is 16.6 Å². The highest BCUT2D eigenvalue weighted by atomic mass is 35.5. The number of methoxy groups -OCH3 is 1. The first-order valence-corrected chi connectivity index (χ1v) is 22.1. The Balaban J connectivity index is 0.000000219.